The van der Waals surface area contributed by atoms with Gasteiger partial charge in [-0.05, 0) is 30.5 Å². The molecule has 142 valence electrons. The van der Waals surface area contributed by atoms with Crippen molar-refractivity contribution in [1.29, 1.82) is 0 Å². The molecule has 0 bridgehead atoms. The van der Waals surface area contributed by atoms with E-state index in [1.54, 1.807) is 35.8 Å². The predicted octanol–water partition coefficient (Wildman–Crippen LogP) is 2.16. The lowest BCUT2D eigenvalue weighted by atomic mass is 10.0. The number of hydrogen-bond donors (Lipinski definition) is 0. The van der Waals surface area contributed by atoms with Gasteiger partial charge in [0.25, 0.3) is 5.91 Å². The van der Waals surface area contributed by atoms with Crippen LogP contribution >= 0.6 is 0 Å². The minimum Gasteiger partial charge on any atom is -0.334 e. The lowest BCUT2D eigenvalue weighted by Gasteiger charge is -2.40. The van der Waals surface area contributed by atoms with E-state index in [9.17, 15) is 9.59 Å². The highest BCUT2D eigenvalue weighted by Crippen LogP contribution is 2.21. The van der Waals surface area contributed by atoms with E-state index < -0.39 is 0 Å². The van der Waals surface area contributed by atoms with E-state index in [1.165, 1.54) is 0 Å². The van der Waals surface area contributed by atoms with E-state index in [0.717, 1.165) is 18.4 Å². The largest absolute Gasteiger partial charge is 0.334 e. The first kappa shape index (κ1) is 18.9. The summed E-state index contributed by atoms with van der Waals surface area (Å²) < 4.78 is 0. The van der Waals surface area contributed by atoms with Crippen molar-refractivity contribution in [2.24, 2.45) is 5.92 Å². The normalized spacial score (nSPS) is 17.0. The monoisotopic (exact) mass is 367 g/mol. The summed E-state index contributed by atoms with van der Waals surface area (Å²) in [5.41, 5.74) is 0.987. The van der Waals surface area contributed by atoms with Crippen LogP contribution < -0.4 is 0 Å². The molecule has 2 amide bonds. The van der Waals surface area contributed by atoms with Crippen molar-refractivity contribution in [1.82, 2.24) is 24.8 Å². The van der Waals surface area contributed by atoms with Gasteiger partial charge in [-0.2, -0.15) is 0 Å². The summed E-state index contributed by atoms with van der Waals surface area (Å²) in [5.74, 6) is 0.00471. The molecule has 0 saturated carbocycles. The van der Waals surface area contributed by atoms with Crippen LogP contribution in [-0.4, -0.2) is 55.7 Å². The van der Waals surface area contributed by atoms with Crippen LogP contribution in [0.15, 0.2) is 43.0 Å². The number of aromatic nitrogens is 3. The summed E-state index contributed by atoms with van der Waals surface area (Å²) in [5, 5.41) is 0. The molecule has 1 fully saturated rings. The third kappa shape index (κ3) is 4.67. The van der Waals surface area contributed by atoms with E-state index >= 15 is 0 Å². The van der Waals surface area contributed by atoms with Crippen LogP contribution in [0, 0.1) is 5.92 Å². The highest BCUT2D eigenvalue weighted by molar-refractivity contribution is 5.90. The summed E-state index contributed by atoms with van der Waals surface area (Å²) in [6, 6.07) is 5.50. The summed E-state index contributed by atoms with van der Waals surface area (Å²) in [6.45, 7) is 5.46. The Morgan fingerprint density at radius 1 is 1.22 bits per heavy atom. The average Bonchev–Trinajstić information content (AvgIpc) is 2.72. The molecule has 1 unspecified atom stereocenters. The van der Waals surface area contributed by atoms with Crippen molar-refractivity contribution in [2.45, 2.75) is 39.3 Å². The number of amides is 2. The second kappa shape index (κ2) is 8.70. The van der Waals surface area contributed by atoms with Crippen LogP contribution in [0.2, 0.25) is 0 Å². The van der Waals surface area contributed by atoms with Crippen molar-refractivity contribution in [3.8, 4) is 0 Å². The molecular weight excluding hydrogens is 342 g/mol. The zero-order chi connectivity index (χ0) is 19.2. The van der Waals surface area contributed by atoms with Crippen molar-refractivity contribution in [3.05, 3.63) is 54.4 Å². The Labute approximate surface area is 159 Å². The zero-order valence-electron chi connectivity index (χ0n) is 15.8. The summed E-state index contributed by atoms with van der Waals surface area (Å²) in [6.07, 6.45) is 8.36. The number of carbonyl (C=O) groups excluding carboxylic acids is 2. The molecule has 0 aliphatic carbocycles. The van der Waals surface area contributed by atoms with Gasteiger partial charge in [-0.1, -0.05) is 19.9 Å². The smallest absolute Gasteiger partial charge is 0.291 e. The van der Waals surface area contributed by atoms with Crippen LogP contribution in [0.1, 0.15) is 42.9 Å². The Morgan fingerprint density at radius 3 is 2.67 bits per heavy atom. The maximum absolute atomic E-state index is 12.9. The van der Waals surface area contributed by atoms with E-state index in [0.29, 0.717) is 19.6 Å². The molecule has 0 radical (unpaired) electrons. The van der Waals surface area contributed by atoms with E-state index in [-0.39, 0.29) is 29.6 Å². The predicted molar refractivity (Wildman–Crippen MR) is 101 cm³/mol. The van der Waals surface area contributed by atoms with Crippen molar-refractivity contribution in [2.75, 3.05) is 13.1 Å². The maximum Gasteiger partial charge on any atom is 0.291 e. The Hall–Kier alpha value is -2.83. The van der Waals surface area contributed by atoms with E-state index in [4.69, 9.17) is 0 Å². The van der Waals surface area contributed by atoms with E-state index in [1.807, 2.05) is 30.9 Å². The molecule has 7 nitrogen and oxygen atoms in total. The molecule has 3 rings (SSSR count). The molecule has 7 heteroatoms. The first-order chi connectivity index (χ1) is 13.1. The van der Waals surface area contributed by atoms with Gasteiger partial charge >= 0.3 is 0 Å². The molecule has 0 N–H and O–H groups in total. The fourth-order valence-corrected chi connectivity index (χ4v) is 3.35. The van der Waals surface area contributed by atoms with Crippen LogP contribution in [0.4, 0.5) is 0 Å². The van der Waals surface area contributed by atoms with Gasteiger partial charge in [0.05, 0.1) is 0 Å². The molecule has 0 aromatic carbocycles. The van der Waals surface area contributed by atoms with Gasteiger partial charge in [0, 0.05) is 56.4 Å². The molecule has 3 heterocycles. The number of likely N-dealkylation sites (tertiary alicyclic amines) is 1. The Bertz CT molecular complexity index is 766. The highest BCUT2D eigenvalue weighted by Gasteiger charge is 2.32. The standard InChI is InChI=1S/C20H25N5O2/c1-15(2)19(26)25(13-16-6-3-8-21-12-16)17-7-4-11-24(14-17)20(27)18-22-9-5-10-23-18/h3,5-6,8-10,12,15,17H,4,7,11,13-14H2,1-2H3. The minimum absolute atomic E-state index is 0.0264. The first-order valence-corrected chi connectivity index (χ1v) is 9.32. The summed E-state index contributed by atoms with van der Waals surface area (Å²) in [7, 11) is 0. The number of pyridine rings is 1. The van der Waals surface area contributed by atoms with Crippen LogP contribution in [0.3, 0.4) is 0 Å². The van der Waals surface area contributed by atoms with Gasteiger partial charge in [-0.15, -0.1) is 0 Å². The third-order valence-corrected chi connectivity index (χ3v) is 4.73. The van der Waals surface area contributed by atoms with Gasteiger partial charge in [0.1, 0.15) is 0 Å². The molecule has 0 spiro atoms. The summed E-state index contributed by atoms with van der Waals surface area (Å²) in [4.78, 5) is 41.5. The van der Waals surface area contributed by atoms with Crippen LogP contribution in [0.25, 0.3) is 0 Å². The molecule has 1 atom stereocenters. The fraction of sp³-hybridized carbons (Fsp3) is 0.450. The average molecular weight is 367 g/mol. The quantitative estimate of drug-likeness (QED) is 0.809. The first-order valence-electron chi connectivity index (χ1n) is 9.32. The van der Waals surface area contributed by atoms with Gasteiger partial charge in [-0.25, -0.2) is 9.97 Å². The Kier molecular flexibility index (Phi) is 6.11. The Balaban J connectivity index is 1.77. The second-order valence-electron chi connectivity index (χ2n) is 7.10. The lowest BCUT2D eigenvalue weighted by molar-refractivity contribution is -0.138. The number of nitrogens with zero attached hydrogens (tertiary/aromatic N) is 5. The number of carbonyl (C=O) groups is 2. The number of hydrogen-bond acceptors (Lipinski definition) is 5. The van der Waals surface area contributed by atoms with Crippen molar-refractivity contribution >= 4 is 11.8 Å². The van der Waals surface area contributed by atoms with Crippen molar-refractivity contribution < 1.29 is 9.59 Å². The lowest BCUT2D eigenvalue weighted by Crippen LogP contribution is -2.52. The van der Waals surface area contributed by atoms with Gasteiger partial charge in [-0.3, -0.25) is 14.6 Å². The van der Waals surface area contributed by atoms with E-state index in [2.05, 4.69) is 15.0 Å². The second-order valence-corrected chi connectivity index (χ2v) is 7.10. The Morgan fingerprint density at radius 2 is 2.00 bits per heavy atom. The molecule has 1 aliphatic heterocycles. The van der Waals surface area contributed by atoms with Crippen LogP contribution in [-0.2, 0) is 11.3 Å². The molecular formula is C20H25N5O2. The molecule has 27 heavy (non-hydrogen) atoms. The van der Waals surface area contributed by atoms with Gasteiger partial charge in [0.2, 0.25) is 11.7 Å². The molecule has 1 aliphatic rings. The number of piperidine rings is 1. The molecule has 2 aromatic heterocycles. The highest BCUT2D eigenvalue weighted by atomic mass is 16.2. The fourth-order valence-electron chi connectivity index (χ4n) is 3.35. The maximum atomic E-state index is 12.9. The zero-order valence-corrected chi connectivity index (χ0v) is 15.8. The molecule has 1 saturated heterocycles. The molecule has 2 aromatic rings. The topological polar surface area (TPSA) is 79.3 Å². The minimum atomic E-state index is -0.182. The number of rotatable bonds is 5. The van der Waals surface area contributed by atoms with Gasteiger partial charge in [0.15, 0.2) is 0 Å². The van der Waals surface area contributed by atoms with Gasteiger partial charge < -0.3 is 9.80 Å². The summed E-state index contributed by atoms with van der Waals surface area (Å²) >= 11 is 0. The van der Waals surface area contributed by atoms with Crippen LogP contribution in [0.5, 0.6) is 0 Å². The van der Waals surface area contributed by atoms with Crippen molar-refractivity contribution in [3.63, 3.8) is 0 Å². The SMILES string of the molecule is CC(C)C(=O)N(Cc1cccnc1)C1CCCN(C(=O)c2ncccn2)C1. The third-order valence-electron chi connectivity index (χ3n) is 4.73.